The van der Waals surface area contributed by atoms with Gasteiger partial charge in [0.15, 0.2) is 5.82 Å². The van der Waals surface area contributed by atoms with E-state index in [4.69, 9.17) is 4.52 Å². The molecule has 0 saturated heterocycles. The molecule has 3 heterocycles. The number of nitrogens with zero attached hydrogens (tertiary/aromatic N) is 3. The van der Waals surface area contributed by atoms with E-state index < -0.39 is 0 Å². The van der Waals surface area contributed by atoms with E-state index in [0.29, 0.717) is 18.7 Å². The van der Waals surface area contributed by atoms with E-state index in [1.54, 1.807) is 11.3 Å². The maximum atomic E-state index is 12.5. The Hall–Kier alpha value is -1.69. The lowest BCUT2D eigenvalue weighted by atomic mass is 10.0. The van der Waals surface area contributed by atoms with Crippen LogP contribution in [0.15, 0.2) is 16.0 Å². The van der Waals surface area contributed by atoms with E-state index in [0.717, 1.165) is 25.2 Å². The molecule has 0 bridgehead atoms. The molecule has 0 saturated carbocycles. The molecule has 6 heteroatoms. The van der Waals surface area contributed by atoms with Crippen molar-refractivity contribution in [1.82, 2.24) is 15.0 Å². The van der Waals surface area contributed by atoms with Crippen molar-refractivity contribution in [3.63, 3.8) is 0 Å². The van der Waals surface area contributed by atoms with Crippen LogP contribution >= 0.6 is 11.3 Å². The van der Waals surface area contributed by atoms with E-state index in [2.05, 4.69) is 28.5 Å². The highest BCUT2D eigenvalue weighted by Crippen LogP contribution is 2.33. The molecule has 0 aromatic carbocycles. The van der Waals surface area contributed by atoms with Crippen LogP contribution in [0.2, 0.25) is 0 Å². The maximum Gasteiger partial charge on any atom is 0.226 e. The lowest BCUT2D eigenvalue weighted by Crippen LogP contribution is -2.38. The topological polar surface area (TPSA) is 59.2 Å². The van der Waals surface area contributed by atoms with Gasteiger partial charge in [-0.05, 0) is 36.8 Å². The number of aromatic nitrogens is 2. The van der Waals surface area contributed by atoms with E-state index in [1.807, 2.05) is 18.7 Å². The van der Waals surface area contributed by atoms with Gasteiger partial charge in [-0.15, -0.1) is 11.3 Å². The van der Waals surface area contributed by atoms with Gasteiger partial charge in [-0.2, -0.15) is 4.98 Å². The van der Waals surface area contributed by atoms with Crippen molar-refractivity contribution >= 4 is 17.2 Å². The average Bonchev–Trinajstić information content (AvgIpc) is 3.16. The first kappa shape index (κ1) is 16.2. The second-order valence-corrected chi connectivity index (χ2v) is 7.37. The lowest BCUT2D eigenvalue weighted by molar-refractivity contribution is -0.133. The summed E-state index contributed by atoms with van der Waals surface area (Å²) in [5.41, 5.74) is 1.31. The van der Waals surface area contributed by atoms with Crippen molar-refractivity contribution in [2.75, 3.05) is 6.54 Å². The molecule has 5 nitrogen and oxygen atoms in total. The SMILES string of the molecule is CC(C)c1noc(CCCC(=O)N2CCc3sccc3C2C)n1. The third kappa shape index (κ3) is 3.47. The summed E-state index contributed by atoms with van der Waals surface area (Å²) in [6, 6.07) is 2.34. The van der Waals surface area contributed by atoms with E-state index in [-0.39, 0.29) is 17.9 Å². The summed E-state index contributed by atoms with van der Waals surface area (Å²) in [7, 11) is 0. The first-order valence-electron chi connectivity index (χ1n) is 8.24. The third-order valence-electron chi connectivity index (χ3n) is 4.38. The highest BCUT2D eigenvalue weighted by Gasteiger charge is 2.27. The van der Waals surface area contributed by atoms with Crippen LogP contribution in [0, 0.1) is 0 Å². The minimum atomic E-state index is 0.188. The Labute approximate surface area is 140 Å². The molecule has 2 aromatic rings. The van der Waals surface area contributed by atoms with Gasteiger partial charge in [0, 0.05) is 30.2 Å². The van der Waals surface area contributed by atoms with Crippen LogP contribution in [0.5, 0.6) is 0 Å². The van der Waals surface area contributed by atoms with Gasteiger partial charge in [-0.25, -0.2) is 0 Å². The molecular formula is C17H23N3O2S. The molecule has 1 aliphatic rings. The Morgan fingerprint density at radius 1 is 1.52 bits per heavy atom. The summed E-state index contributed by atoms with van der Waals surface area (Å²) in [6.45, 7) is 7.02. The van der Waals surface area contributed by atoms with Gasteiger partial charge in [0.1, 0.15) is 0 Å². The Morgan fingerprint density at radius 2 is 2.35 bits per heavy atom. The van der Waals surface area contributed by atoms with Crippen LogP contribution < -0.4 is 0 Å². The standard InChI is InChI=1S/C17H23N3O2S/c1-11(2)17-18-15(22-19-17)5-4-6-16(21)20-9-7-14-13(12(20)3)8-10-23-14/h8,10-12H,4-7,9H2,1-3H3. The summed E-state index contributed by atoms with van der Waals surface area (Å²) in [5, 5.41) is 6.08. The van der Waals surface area contributed by atoms with Crippen LogP contribution in [0.1, 0.15) is 67.7 Å². The number of hydrogen-bond donors (Lipinski definition) is 0. The fourth-order valence-electron chi connectivity index (χ4n) is 2.99. The van der Waals surface area contributed by atoms with Gasteiger partial charge >= 0.3 is 0 Å². The molecule has 0 fully saturated rings. The van der Waals surface area contributed by atoms with Gasteiger partial charge < -0.3 is 9.42 Å². The number of aryl methyl sites for hydroxylation is 1. The van der Waals surface area contributed by atoms with Crippen molar-refractivity contribution in [1.29, 1.82) is 0 Å². The van der Waals surface area contributed by atoms with E-state index >= 15 is 0 Å². The summed E-state index contributed by atoms with van der Waals surface area (Å²) in [5.74, 6) is 1.86. The van der Waals surface area contributed by atoms with Crippen molar-refractivity contribution in [2.45, 2.75) is 58.4 Å². The molecule has 0 spiro atoms. The quantitative estimate of drug-likeness (QED) is 0.836. The molecule has 0 aliphatic carbocycles. The highest BCUT2D eigenvalue weighted by atomic mass is 32.1. The smallest absolute Gasteiger partial charge is 0.226 e. The lowest BCUT2D eigenvalue weighted by Gasteiger charge is -2.33. The summed E-state index contributed by atoms with van der Waals surface area (Å²) in [6.07, 6.45) is 2.92. The van der Waals surface area contributed by atoms with Gasteiger partial charge in [0.25, 0.3) is 0 Å². The van der Waals surface area contributed by atoms with Gasteiger partial charge in [0.05, 0.1) is 6.04 Å². The van der Waals surface area contributed by atoms with Crippen molar-refractivity contribution < 1.29 is 9.32 Å². The first-order chi connectivity index (χ1) is 11.1. The Bertz CT molecular complexity index is 677. The fourth-order valence-corrected chi connectivity index (χ4v) is 3.95. The molecule has 1 amide bonds. The number of hydrogen-bond acceptors (Lipinski definition) is 5. The largest absolute Gasteiger partial charge is 0.339 e. The normalized spacial score (nSPS) is 17.6. The van der Waals surface area contributed by atoms with Crippen LogP contribution in [0.4, 0.5) is 0 Å². The molecule has 3 rings (SSSR count). The Morgan fingerprint density at radius 3 is 3.09 bits per heavy atom. The van der Waals surface area contributed by atoms with Crippen LogP contribution in [-0.2, 0) is 17.6 Å². The molecule has 0 radical (unpaired) electrons. The van der Waals surface area contributed by atoms with Gasteiger partial charge in [-0.1, -0.05) is 19.0 Å². The van der Waals surface area contributed by atoms with Crippen LogP contribution in [0.3, 0.4) is 0 Å². The predicted octanol–water partition coefficient (Wildman–Crippen LogP) is 3.72. The number of amides is 1. The van der Waals surface area contributed by atoms with Crippen molar-refractivity contribution in [3.8, 4) is 0 Å². The van der Waals surface area contributed by atoms with Gasteiger partial charge in [-0.3, -0.25) is 4.79 Å². The second kappa shape index (κ2) is 6.83. The third-order valence-corrected chi connectivity index (χ3v) is 5.38. The molecule has 1 atom stereocenters. The highest BCUT2D eigenvalue weighted by molar-refractivity contribution is 7.10. The summed E-state index contributed by atoms with van der Waals surface area (Å²) in [4.78, 5) is 20.3. The van der Waals surface area contributed by atoms with Crippen molar-refractivity contribution in [2.24, 2.45) is 0 Å². The maximum absolute atomic E-state index is 12.5. The zero-order chi connectivity index (χ0) is 16.4. The minimum absolute atomic E-state index is 0.188. The molecule has 1 unspecified atom stereocenters. The zero-order valence-electron chi connectivity index (χ0n) is 13.9. The molecular weight excluding hydrogens is 310 g/mol. The molecule has 124 valence electrons. The Balaban J connectivity index is 1.51. The van der Waals surface area contributed by atoms with Gasteiger partial charge in [0.2, 0.25) is 11.8 Å². The van der Waals surface area contributed by atoms with Crippen LogP contribution in [0.25, 0.3) is 0 Å². The molecule has 0 N–H and O–H groups in total. The second-order valence-electron chi connectivity index (χ2n) is 6.37. The number of fused-ring (bicyclic) bond motifs is 1. The molecule has 23 heavy (non-hydrogen) atoms. The number of carbonyl (C=O) groups excluding carboxylic acids is 1. The van der Waals surface area contributed by atoms with E-state index in [9.17, 15) is 4.79 Å². The molecule has 1 aliphatic heterocycles. The molecule has 2 aromatic heterocycles. The van der Waals surface area contributed by atoms with Crippen molar-refractivity contribution in [3.05, 3.63) is 33.6 Å². The zero-order valence-corrected chi connectivity index (χ0v) is 14.7. The number of rotatable bonds is 5. The average molecular weight is 333 g/mol. The fraction of sp³-hybridized carbons (Fsp3) is 0.588. The minimum Gasteiger partial charge on any atom is -0.339 e. The summed E-state index contributed by atoms with van der Waals surface area (Å²) < 4.78 is 5.23. The predicted molar refractivity (Wildman–Crippen MR) is 89.5 cm³/mol. The summed E-state index contributed by atoms with van der Waals surface area (Å²) >= 11 is 1.80. The number of carbonyl (C=O) groups is 1. The van der Waals surface area contributed by atoms with Crippen LogP contribution in [-0.4, -0.2) is 27.5 Å². The monoisotopic (exact) mass is 333 g/mol. The number of thiophene rings is 1. The van der Waals surface area contributed by atoms with E-state index in [1.165, 1.54) is 10.4 Å². The first-order valence-corrected chi connectivity index (χ1v) is 9.12. The Kier molecular flexibility index (Phi) is 4.80.